The Morgan fingerprint density at radius 1 is 1.26 bits per heavy atom. The molecule has 1 aliphatic rings. The fourth-order valence-corrected chi connectivity index (χ4v) is 2.71. The Labute approximate surface area is 139 Å². The summed E-state index contributed by atoms with van der Waals surface area (Å²) < 4.78 is 10.9. The van der Waals surface area contributed by atoms with Gasteiger partial charge in [-0.05, 0) is 36.8 Å². The first-order chi connectivity index (χ1) is 11.1. The van der Waals surface area contributed by atoms with Crippen LogP contribution in [0.3, 0.4) is 0 Å². The van der Waals surface area contributed by atoms with E-state index >= 15 is 0 Å². The average Bonchev–Trinajstić information content (AvgIpc) is 3.07. The summed E-state index contributed by atoms with van der Waals surface area (Å²) in [6.07, 6.45) is 1.56. The average molecular weight is 328 g/mol. The van der Waals surface area contributed by atoms with Crippen LogP contribution >= 0.6 is 12.2 Å². The van der Waals surface area contributed by atoms with Crippen molar-refractivity contribution in [3.63, 3.8) is 0 Å². The van der Waals surface area contributed by atoms with Crippen molar-refractivity contribution in [3.8, 4) is 0 Å². The molecule has 0 radical (unpaired) electrons. The number of allylic oxidation sites excluding steroid dienone is 1. The van der Waals surface area contributed by atoms with Crippen LogP contribution in [-0.4, -0.2) is 11.1 Å². The fraction of sp³-hybridized carbons (Fsp3) is 0.176. The minimum absolute atomic E-state index is 0.214. The maximum Gasteiger partial charge on any atom is 0.338 e. The third kappa shape index (κ3) is 3.43. The van der Waals surface area contributed by atoms with Gasteiger partial charge in [0, 0.05) is 5.70 Å². The first kappa shape index (κ1) is 15.3. The summed E-state index contributed by atoms with van der Waals surface area (Å²) in [4.78, 5) is 12.5. The van der Waals surface area contributed by atoms with Gasteiger partial charge in [-0.25, -0.2) is 4.79 Å². The van der Waals surface area contributed by atoms with Gasteiger partial charge in [0.2, 0.25) is 0 Å². The van der Waals surface area contributed by atoms with Crippen LogP contribution in [0.2, 0.25) is 0 Å². The van der Waals surface area contributed by atoms with Gasteiger partial charge in [0.05, 0.1) is 11.8 Å². The number of nitrogens with one attached hydrogen (secondary N) is 2. The summed E-state index contributed by atoms with van der Waals surface area (Å²) in [6.45, 7) is 2.01. The van der Waals surface area contributed by atoms with E-state index in [9.17, 15) is 4.79 Å². The van der Waals surface area contributed by atoms with Crippen molar-refractivity contribution in [2.75, 3.05) is 0 Å². The van der Waals surface area contributed by atoms with Crippen molar-refractivity contribution in [1.29, 1.82) is 0 Å². The molecule has 0 amide bonds. The quantitative estimate of drug-likeness (QED) is 0.665. The Morgan fingerprint density at radius 3 is 2.74 bits per heavy atom. The molecule has 2 heterocycles. The molecule has 23 heavy (non-hydrogen) atoms. The van der Waals surface area contributed by atoms with Gasteiger partial charge in [0.1, 0.15) is 18.4 Å². The zero-order chi connectivity index (χ0) is 16.2. The maximum atomic E-state index is 12.5. The van der Waals surface area contributed by atoms with Gasteiger partial charge in [-0.3, -0.25) is 0 Å². The summed E-state index contributed by atoms with van der Waals surface area (Å²) in [5, 5.41) is 6.45. The molecule has 3 rings (SSSR count). The molecule has 2 N–H and O–H groups in total. The molecule has 0 bridgehead atoms. The zero-order valence-corrected chi connectivity index (χ0v) is 13.4. The predicted octanol–water partition coefficient (Wildman–Crippen LogP) is 2.82. The van der Waals surface area contributed by atoms with Crippen LogP contribution in [0, 0.1) is 0 Å². The highest BCUT2D eigenvalue weighted by atomic mass is 32.1. The smallest absolute Gasteiger partial charge is 0.338 e. The first-order valence-corrected chi connectivity index (χ1v) is 7.58. The summed E-state index contributed by atoms with van der Waals surface area (Å²) in [5.41, 5.74) is 2.05. The van der Waals surface area contributed by atoms with Crippen molar-refractivity contribution < 1.29 is 13.9 Å². The largest absolute Gasteiger partial charge is 0.467 e. The second-order valence-electron chi connectivity index (χ2n) is 5.15. The van der Waals surface area contributed by atoms with Crippen LogP contribution in [0.5, 0.6) is 0 Å². The summed E-state index contributed by atoms with van der Waals surface area (Å²) in [5.74, 6) is 0.204. The molecule has 1 atom stereocenters. The normalized spacial score (nSPS) is 17.4. The fourth-order valence-electron chi connectivity index (χ4n) is 2.43. The molecular weight excluding hydrogens is 312 g/mol. The van der Waals surface area contributed by atoms with E-state index in [1.54, 1.807) is 25.3 Å². The lowest BCUT2D eigenvalue weighted by atomic mass is 10.0. The Hall–Kier alpha value is -2.60. The number of carbonyl (C=O) groups excluding carboxylic acids is 1. The molecule has 0 saturated carbocycles. The molecule has 118 valence electrons. The second kappa shape index (κ2) is 6.66. The number of ether oxygens (including phenoxy) is 1. The van der Waals surface area contributed by atoms with Crippen molar-refractivity contribution in [1.82, 2.24) is 10.6 Å². The molecule has 0 unspecified atom stereocenters. The van der Waals surface area contributed by atoms with Crippen LogP contribution in [0.25, 0.3) is 0 Å². The molecule has 6 heteroatoms. The number of esters is 1. The van der Waals surface area contributed by atoms with Gasteiger partial charge in [-0.2, -0.15) is 0 Å². The summed E-state index contributed by atoms with van der Waals surface area (Å²) in [6, 6.07) is 12.6. The van der Waals surface area contributed by atoms with E-state index in [0.29, 0.717) is 22.1 Å². The van der Waals surface area contributed by atoms with Crippen LogP contribution in [-0.2, 0) is 16.1 Å². The summed E-state index contributed by atoms with van der Waals surface area (Å²) >= 11 is 5.16. The molecule has 0 saturated heterocycles. The van der Waals surface area contributed by atoms with E-state index in [-0.39, 0.29) is 6.61 Å². The van der Waals surface area contributed by atoms with Crippen molar-refractivity contribution in [2.24, 2.45) is 0 Å². The van der Waals surface area contributed by atoms with Crippen LogP contribution < -0.4 is 10.6 Å². The standard InChI is InChI=1S/C17H16N2O3S/c1-11-14(16(20)22-10-12-6-3-2-4-7-12)15(19-17(23)18-11)13-8-5-9-21-13/h2-9,15H,10H2,1H3,(H2,18,19,23)/t15-/m0/s1. The SMILES string of the molecule is CC1=C(C(=O)OCc2ccccc2)[C@H](c2ccco2)NC(=S)N1. The molecule has 0 spiro atoms. The Kier molecular flexibility index (Phi) is 4.43. The number of thiocarbonyl (C=S) groups is 1. The molecule has 5 nitrogen and oxygen atoms in total. The lowest BCUT2D eigenvalue weighted by molar-refractivity contribution is -0.140. The highest BCUT2D eigenvalue weighted by Gasteiger charge is 2.32. The topological polar surface area (TPSA) is 63.5 Å². The van der Waals surface area contributed by atoms with Gasteiger partial charge in [-0.15, -0.1) is 0 Å². The Balaban J connectivity index is 1.81. The van der Waals surface area contributed by atoms with Crippen molar-refractivity contribution in [3.05, 3.63) is 71.3 Å². The van der Waals surface area contributed by atoms with Gasteiger partial charge in [0.15, 0.2) is 5.11 Å². The van der Waals surface area contributed by atoms with E-state index in [1.807, 2.05) is 30.3 Å². The van der Waals surface area contributed by atoms with E-state index in [0.717, 1.165) is 5.56 Å². The van der Waals surface area contributed by atoms with Crippen molar-refractivity contribution in [2.45, 2.75) is 19.6 Å². The number of rotatable bonds is 4. The van der Waals surface area contributed by atoms with Crippen molar-refractivity contribution >= 4 is 23.3 Å². The Morgan fingerprint density at radius 2 is 2.04 bits per heavy atom. The monoisotopic (exact) mass is 328 g/mol. The maximum absolute atomic E-state index is 12.5. The third-order valence-electron chi connectivity index (χ3n) is 3.53. The van der Waals surface area contributed by atoms with Crippen LogP contribution in [0.15, 0.2) is 64.4 Å². The van der Waals surface area contributed by atoms with E-state index < -0.39 is 12.0 Å². The van der Waals surface area contributed by atoms with Gasteiger partial charge >= 0.3 is 5.97 Å². The van der Waals surface area contributed by atoms with Gasteiger partial charge < -0.3 is 19.8 Å². The number of carbonyl (C=O) groups is 1. The number of benzene rings is 1. The van der Waals surface area contributed by atoms with Crippen LogP contribution in [0.4, 0.5) is 0 Å². The minimum atomic E-state index is -0.456. The number of furan rings is 1. The van der Waals surface area contributed by atoms with E-state index in [2.05, 4.69) is 10.6 Å². The highest BCUT2D eigenvalue weighted by molar-refractivity contribution is 7.80. The Bertz CT molecular complexity index is 738. The molecule has 1 aromatic carbocycles. The molecule has 0 fully saturated rings. The molecule has 1 aliphatic heterocycles. The molecule has 1 aromatic heterocycles. The molecular formula is C17H16N2O3S. The third-order valence-corrected chi connectivity index (χ3v) is 3.75. The summed E-state index contributed by atoms with van der Waals surface area (Å²) in [7, 11) is 0. The predicted molar refractivity (Wildman–Crippen MR) is 89.3 cm³/mol. The number of hydrogen-bond donors (Lipinski definition) is 2. The molecule has 2 aromatic rings. The minimum Gasteiger partial charge on any atom is -0.467 e. The lowest BCUT2D eigenvalue weighted by Crippen LogP contribution is -2.45. The number of hydrogen-bond acceptors (Lipinski definition) is 4. The first-order valence-electron chi connectivity index (χ1n) is 7.18. The highest BCUT2D eigenvalue weighted by Crippen LogP contribution is 2.28. The molecule has 0 aliphatic carbocycles. The van der Waals surface area contributed by atoms with Crippen LogP contribution in [0.1, 0.15) is 24.3 Å². The lowest BCUT2D eigenvalue weighted by Gasteiger charge is -2.28. The zero-order valence-electron chi connectivity index (χ0n) is 12.5. The van der Waals surface area contributed by atoms with Gasteiger partial charge in [-0.1, -0.05) is 30.3 Å². The van der Waals surface area contributed by atoms with E-state index in [1.165, 1.54) is 0 Å². The second-order valence-corrected chi connectivity index (χ2v) is 5.56. The van der Waals surface area contributed by atoms with E-state index in [4.69, 9.17) is 21.4 Å². The van der Waals surface area contributed by atoms with Gasteiger partial charge in [0.25, 0.3) is 0 Å².